The fraction of sp³-hybridized carbons (Fsp3) is 0.318. The maximum Gasteiger partial charge on any atom is 0.326 e. The first kappa shape index (κ1) is 20.4. The molecule has 0 radical (unpaired) electrons. The molecule has 2 aromatic carbocycles. The van der Waals surface area contributed by atoms with E-state index in [4.69, 9.17) is 0 Å². The first-order valence-corrected chi connectivity index (χ1v) is 9.63. The van der Waals surface area contributed by atoms with Crippen molar-refractivity contribution in [3.63, 3.8) is 0 Å². The summed E-state index contributed by atoms with van der Waals surface area (Å²) in [5.41, 5.74) is 1.71. The van der Waals surface area contributed by atoms with Gasteiger partial charge in [0.25, 0.3) is 5.91 Å². The normalized spacial score (nSPS) is 17.0. The first-order chi connectivity index (χ1) is 14.0. The minimum atomic E-state index is -1.02. The number of hydrogen-bond acceptors (Lipinski definition) is 4. The van der Waals surface area contributed by atoms with E-state index in [0.29, 0.717) is 37.9 Å². The van der Waals surface area contributed by atoms with E-state index in [9.17, 15) is 24.6 Å². The number of para-hydroxylation sites is 1. The third kappa shape index (κ3) is 4.93. The van der Waals surface area contributed by atoms with E-state index in [1.165, 1.54) is 4.90 Å². The monoisotopic (exact) mass is 396 g/mol. The molecule has 29 heavy (non-hydrogen) atoms. The predicted molar refractivity (Wildman–Crippen MR) is 108 cm³/mol. The molecule has 7 nitrogen and oxygen atoms in total. The number of carbonyl (C=O) groups is 3. The van der Waals surface area contributed by atoms with Crippen LogP contribution in [0.4, 0.5) is 5.69 Å². The van der Waals surface area contributed by atoms with Crippen molar-refractivity contribution >= 4 is 23.5 Å². The van der Waals surface area contributed by atoms with Crippen molar-refractivity contribution in [1.82, 2.24) is 4.90 Å². The molecule has 0 spiro atoms. The highest BCUT2D eigenvalue weighted by Crippen LogP contribution is 2.25. The molecule has 0 bridgehead atoms. The van der Waals surface area contributed by atoms with Crippen LogP contribution in [-0.4, -0.2) is 51.6 Å². The lowest BCUT2D eigenvalue weighted by Gasteiger charge is -2.24. The second-order valence-corrected chi connectivity index (χ2v) is 7.10. The van der Waals surface area contributed by atoms with Gasteiger partial charge in [-0.2, -0.15) is 0 Å². The van der Waals surface area contributed by atoms with Crippen LogP contribution in [0.25, 0.3) is 0 Å². The van der Waals surface area contributed by atoms with Crippen molar-refractivity contribution in [3.8, 4) is 0 Å². The van der Waals surface area contributed by atoms with E-state index >= 15 is 0 Å². The number of aryl methyl sites for hydroxylation is 1. The van der Waals surface area contributed by atoms with Crippen LogP contribution in [0, 0.1) is 0 Å². The lowest BCUT2D eigenvalue weighted by molar-refractivity contribution is -0.141. The van der Waals surface area contributed by atoms with Gasteiger partial charge in [0.05, 0.1) is 5.56 Å². The van der Waals surface area contributed by atoms with Crippen LogP contribution in [-0.2, 0) is 16.0 Å². The third-order valence-corrected chi connectivity index (χ3v) is 5.15. The minimum absolute atomic E-state index is 0.284. The van der Waals surface area contributed by atoms with Crippen LogP contribution in [0.3, 0.4) is 0 Å². The molecular formula is C22H24N2O5. The second kappa shape index (κ2) is 9.23. The third-order valence-electron chi connectivity index (χ3n) is 5.15. The zero-order valence-corrected chi connectivity index (χ0v) is 16.0. The fourth-order valence-corrected chi connectivity index (χ4v) is 3.62. The van der Waals surface area contributed by atoms with Crippen LogP contribution >= 0.6 is 0 Å². The topological polar surface area (TPSA) is 107 Å². The van der Waals surface area contributed by atoms with Crippen LogP contribution in [0.15, 0.2) is 54.6 Å². The number of anilines is 1. The minimum Gasteiger partial charge on any atom is -0.480 e. The smallest absolute Gasteiger partial charge is 0.326 e. The molecule has 3 N–H and O–H groups in total. The van der Waals surface area contributed by atoms with Crippen LogP contribution in [0.2, 0.25) is 0 Å². The Labute approximate surface area is 169 Å². The van der Waals surface area contributed by atoms with Gasteiger partial charge in [-0.05, 0) is 43.4 Å². The molecule has 1 aliphatic rings. The van der Waals surface area contributed by atoms with Gasteiger partial charge >= 0.3 is 11.9 Å². The summed E-state index contributed by atoms with van der Waals surface area (Å²) in [5.74, 6) is -2.43. The average Bonchev–Trinajstić information content (AvgIpc) is 3.22. The van der Waals surface area contributed by atoms with Gasteiger partial charge in [-0.1, -0.05) is 42.5 Å². The highest BCUT2D eigenvalue weighted by Gasteiger charge is 2.35. The largest absolute Gasteiger partial charge is 0.480 e. The van der Waals surface area contributed by atoms with Crippen LogP contribution in [0.1, 0.15) is 35.2 Å². The Morgan fingerprint density at radius 3 is 2.41 bits per heavy atom. The molecule has 0 aliphatic carbocycles. The van der Waals surface area contributed by atoms with Crippen molar-refractivity contribution in [1.29, 1.82) is 0 Å². The predicted octanol–water partition coefficient (Wildman–Crippen LogP) is 2.87. The highest BCUT2D eigenvalue weighted by molar-refractivity contribution is 6.02. The molecule has 2 unspecified atom stereocenters. The quantitative estimate of drug-likeness (QED) is 0.633. The van der Waals surface area contributed by atoms with Gasteiger partial charge in [0, 0.05) is 12.2 Å². The van der Waals surface area contributed by atoms with E-state index in [-0.39, 0.29) is 5.56 Å². The average molecular weight is 396 g/mol. The molecule has 1 saturated heterocycles. The number of aliphatic carboxylic acids is 2. The maximum atomic E-state index is 13.0. The second-order valence-electron chi connectivity index (χ2n) is 7.10. The van der Waals surface area contributed by atoms with Gasteiger partial charge in [-0.15, -0.1) is 0 Å². The Kier molecular flexibility index (Phi) is 6.49. The van der Waals surface area contributed by atoms with E-state index in [0.717, 1.165) is 5.56 Å². The van der Waals surface area contributed by atoms with Gasteiger partial charge in [-0.3, -0.25) is 4.79 Å². The van der Waals surface area contributed by atoms with E-state index in [1.54, 1.807) is 24.3 Å². The van der Waals surface area contributed by atoms with E-state index in [2.05, 4.69) is 5.32 Å². The molecule has 3 rings (SSSR count). The number of nitrogens with one attached hydrogen (secondary N) is 1. The molecule has 1 heterocycles. The van der Waals surface area contributed by atoms with Crippen molar-refractivity contribution < 1.29 is 24.6 Å². The Balaban J connectivity index is 1.77. The van der Waals surface area contributed by atoms with Gasteiger partial charge in [-0.25, -0.2) is 9.59 Å². The number of benzene rings is 2. The number of carbonyl (C=O) groups excluding carboxylic acids is 1. The zero-order chi connectivity index (χ0) is 20.8. The molecular weight excluding hydrogens is 372 g/mol. The molecule has 152 valence electrons. The first-order valence-electron chi connectivity index (χ1n) is 9.63. The zero-order valence-electron chi connectivity index (χ0n) is 16.0. The highest BCUT2D eigenvalue weighted by atomic mass is 16.4. The van der Waals surface area contributed by atoms with Crippen molar-refractivity contribution in [2.24, 2.45) is 0 Å². The van der Waals surface area contributed by atoms with Gasteiger partial charge in [0.2, 0.25) is 0 Å². The SMILES string of the molecule is O=C(O)C(CCc1ccccc1)Nc1ccccc1C(=O)N1CCCC1C(=O)O. The number of likely N-dealkylation sites (tertiary alicyclic amines) is 1. The number of rotatable bonds is 8. The molecule has 0 aromatic heterocycles. The van der Waals surface area contributed by atoms with Crippen LogP contribution < -0.4 is 5.32 Å². The molecule has 1 amide bonds. The van der Waals surface area contributed by atoms with Gasteiger partial charge in [0.15, 0.2) is 0 Å². The summed E-state index contributed by atoms with van der Waals surface area (Å²) in [7, 11) is 0. The number of carboxylic acid groups (broad SMARTS) is 2. The maximum absolute atomic E-state index is 13.0. The number of nitrogens with zero attached hydrogens (tertiary/aromatic N) is 1. The summed E-state index contributed by atoms with van der Waals surface area (Å²) in [5, 5.41) is 22.0. The number of hydrogen-bond donors (Lipinski definition) is 3. The summed E-state index contributed by atoms with van der Waals surface area (Å²) in [6.45, 7) is 0.375. The lowest BCUT2D eigenvalue weighted by atomic mass is 10.0. The molecule has 2 aromatic rings. The summed E-state index contributed by atoms with van der Waals surface area (Å²) in [6.07, 6.45) is 1.98. The summed E-state index contributed by atoms with van der Waals surface area (Å²) >= 11 is 0. The van der Waals surface area contributed by atoms with Crippen LogP contribution in [0.5, 0.6) is 0 Å². The van der Waals surface area contributed by atoms with Crippen molar-refractivity contribution in [2.75, 3.05) is 11.9 Å². The molecule has 2 atom stereocenters. The van der Waals surface area contributed by atoms with E-state index < -0.39 is 29.9 Å². The summed E-state index contributed by atoms with van der Waals surface area (Å²) < 4.78 is 0. The Bertz CT molecular complexity index is 884. The van der Waals surface area contributed by atoms with E-state index in [1.807, 2.05) is 30.3 Å². The molecule has 1 aliphatic heterocycles. The number of carboxylic acids is 2. The molecule has 7 heteroatoms. The Morgan fingerprint density at radius 1 is 1.03 bits per heavy atom. The molecule has 1 fully saturated rings. The lowest BCUT2D eigenvalue weighted by Crippen LogP contribution is -2.41. The van der Waals surface area contributed by atoms with Crippen molar-refractivity contribution in [2.45, 2.75) is 37.8 Å². The number of amides is 1. The summed E-state index contributed by atoms with van der Waals surface area (Å²) in [6, 6.07) is 14.5. The Hall–Kier alpha value is -3.35. The standard InChI is InChI=1S/C22H24N2O5/c25-20(24-14-6-11-19(24)22(28)29)16-9-4-5-10-17(16)23-18(21(26)27)13-12-15-7-2-1-3-8-15/h1-5,7-10,18-19,23H,6,11-14H2,(H,26,27)(H,28,29). The molecule has 0 saturated carbocycles. The fourth-order valence-electron chi connectivity index (χ4n) is 3.62. The van der Waals surface area contributed by atoms with Crippen molar-refractivity contribution in [3.05, 3.63) is 65.7 Å². The Morgan fingerprint density at radius 2 is 1.72 bits per heavy atom. The van der Waals surface area contributed by atoms with Gasteiger partial charge in [0.1, 0.15) is 12.1 Å². The summed E-state index contributed by atoms with van der Waals surface area (Å²) in [4.78, 5) is 37.5. The van der Waals surface area contributed by atoms with Gasteiger partial charge < -0.3 is 20.4 Å².